The molecular weight excluding hydrogens is 406 g/mol. The molecule has 0 bridgehead atoms. The zero-order valence-electron chi connectivity index (χ0n) is 18.5. The van der Waals surface area contributed by atoms with Gasteiger partial charge in [0, 0.05) is 35.6 Å². The van der Waals surface area contributed by atoms with Gasteiger partial charge in [0.25, 0.3) is 0 Å². The average Bonchev–Trinajstić information content (AvgIpc) is 3.20. The number of nitrogens with zero attached hydrogens (tertiary/aromatic N) is 4. The average molecular weight is 431 g/mol. The monoisotopic (exact) mass is 431 g/mol. The van der Waals surface area contributed by atoms with Gasteiger partial charge in [0.2, 0.25) is 5.95 Å². The second-order valence-electron chi connectivity index (χ2n) is 8.92. The van der Waals surface area contributed by atoms with E-state index in [1.54, 1.807) is 31.3 Å². The first kappa shape index (κ1) is 20.2. The third-order valence-corrected chi connectivity index (χ3v) is 5.98. The Balaban J connectivity index is 1.69. The van der Waals surface area contributed by atoms with E-state index in [1.807, 2.05) is 30.3 Å². The molecule has 8 nitrogen and oxygen atoms in total. The molecule has 1 atom stereocenters. The van der Waals surface area contributed by atoms with Gasteiger partial charge in [0.05, 0.1) is 14.2 Å². The molecule has 1 aliphatic heterocycles. The van der Waals surface area contributed by atoms with Crippen molar-refractivity contribution in [3.05, 3.63) is 59.6 Å². The predicted octanol–water partition coefficient (Wildman–Crippen LogP) is 4.02. The Bertz CT molecular complexity index is 1230. The maximum atomic E-state index is 13.4. The molecule has 0 saturated heterocycles. The lowest BCUT2D eigenvalue weighted by Gasteiger charge is -2.38. The van der Waals surface area contributed by atoms with Gasteiger partial charge < -0.3 is 14.8 Å². The minimum absolute atomic E-state index is 0.118. The highest BCUT2D eigenvalue weighted by Gasteiger charge is 2.42. The molecule has 0 spiro atoms. The number of hydrogen-bond acceptors (Lipinski definition) is 7. The number of hydrogen-bond donors (Lipinski definition) is 1. The zero-order chi connectivity index (χ0) is 22.5. The van der Waals surface area contributed by atoms with Crippen molar-refractivity contribution in [3.8, 4) is 22.9 Å². The molecule has 3 aromatic rings. The molecule has 0 amide bonds. The van der Waals surface area contributed by atoms with Gasteiger partial charge in [-0.3, -0.25) is 9.78 Å². The van der Waals surface area contributed by atoms with Gasteiger partial charge in [-0.15, -0.1) is 5.10 Å². The second kappa shape index (κ2) is 7.47. The summed E-state index contributed by atoms with van der Waals surface area (Å²) in [5, 5.41) is 8.18. The van der Waals surface area contributed by atoms with Crippen molar-refractivity contribution in [2.45, 2.75) is 32.7 Å². The van der Waals surface area contributed by atoms with Crippen LogP contribution in [0.3, 0.4) is 0 Å². The highest BCUT2D eigenvalue weighted by atomic mass is 16.5. The van der Waals surface area contributed by atoms with Crippen LogP contribution in [-0.2, 0) is 4.79 Å². The smallest absolute Gasteiger partial charge is 0.226 e. The number of ether oxygens (including phenoxy) is 2. The number of ketones is 1. The summed E-state index contributed by atoms with van der Waals surface area (Å²) in [6.07, 6.45) is 4.68. The fourth-order valence-electron chi connectivity index (χ4n) is 4.56. The van der Waals surface area contributed by atoms with Crippen molar-refractivity contribution in [3.63, 3.8) is 0 Å². The van der Waals surface area contributed by atoms with Crippen LogP contribution in [0.15, 0.2) is 54.0 Å². The SMILES string of the molecule is COc1ccc([C@H]2C3=C(CC(C)(C)CC3=O)Nc3nc(-c4cccnc4)nn32)cc1OC. The minimum atomic E-state index is -0.414. The Labute approximate surface area is 186 Å². The van der Waals surface area contributed by atoms with Crippen LogP contribution in [0.2, 0.25) is 0 Å². The van der Waals surface area contributed by atoms with Gasteiger partial charge in [-0.1, -0.05) is 19.9 Å². The van der Waals surface area contributed by atoms with Crippen molar-refractivity contribution in [2.24, 2.45) is 5.41 Å². The lowest BCUT2D eigenvalue weighted by Crippen LogP contribution is -2.36. The Morgan fingerprint density at radius 3 is 2.66 bits per heavy atom. The molecule has 0 fully saturated rings. The number of rotatable bonds is 4. The van der Waals surface area contributed by atoms with Crippen LogP contribution >= 0.6 is 0 Å². The summed E-state index contributed by atoms with van der Waals surface area (Å²) < 4.78 is 12.7. The van der Waals surface area contributed by atoms with Gasteiger partial charge in [0.1, 0.15) is 6.04 Å². The lowest BCUT2D eigenvalue weighted by molar-refractivity contribution is -0.118. The predicted molar refractivity (Wildman–Crippen MR) is 120 cm³/mol. The van der Waals surface area contributed by atoms with Crippen LogP contribution in [0.25, 0.3) is 11.4 Å². The molecule has 1 N–H and O–H groups in total. The summed E-state index contributed by atoms with van der Waals surface area (Å²) in [5.41, 5.74) is 3.20. The fourth-order valence-corrected chi connectivity index (χ4v) is 4.56. The third kappa shape index (κ3) is 3.32. The number of aromatic nitrogens is 4. The van der Waals surface area contributed by atoms with Crippen LogP contribution in [-0.4, -0.2) is 39.8 Å². The number of carbonyl (C=O) groups is 1. The standard InChI is InChI=1S/C24H25N5O3/c1-24(2)11-16-20(17(30)12-24)21(14-7-8-18(31-3)19(10-14)32-4)29-23(26-16)27-22(28-29)15-6-5-9-25-13-15/h5-10,13,21H,11-12H2,1-4H3,(H,26,27,28)/t21-/m0/s1. The Morgan fingerprint density at radius 1 is 1.12 bits per heavy atom. The van der Waals surface area contributed by atoms with E-state index in [0.717, 1.165) is 28.8 Å². The van der Waals surface area contributed by atoms with E-state index < -0.39 is 6.04 Å². The van der Waals surface area contributed by atoms with Gasteiger partial charge in [-0.25, -0.2) is 4.68 Å². The zero-order valence-corrected chi connectivity index (χ0v) is 18.5. The number of allylic oxidation sites excluding steroid dienone is 2. The molecular formula is C24H25N5O3. The highest BCUT2D eigenvalue weighted by molar-refractivity contribution is 6.00. The number of benzene rings is 1. The summed E-state index contributed by atoms with van der Waals surface area (Å²) in [7, 11) is 3.20. The van der Waals surface area contributed by atoms with Crippen LogP contribution < -0.4 is 14.8 Å². The molecule has 164 valence electrons. The van der Waals surface area contributed by atoms with Crippen molar-refractivity contribution in [1.29, 1.82) is 0 Å². The van der Waals surface area contributed by atoms with E-state index in [2.05, 4.69) is 24.1 Å². The normalized spacial score (nSPS) is 19.1. The molecule has 1 aromatic carbocycles. The third-order valence-electron chi connectivity index (χ3n) is 5.98. The van der Waals surface area contributed by atoms with Crippen molar-refractivity contribution in [1.82, 2.24) is 19.7 Å². The summed E-state index contributed by atoms with van der Waals surface area (Å²) in [6, 6.07) is 9.06. The number of Topliss-reactive ketones (excluding diaryl/α,β-unsaturated/α-hetero) is 1. The second-order valence-corrected chi connectivity index (χ2v) is 8.92. The maximum absolute atomic E-state index is 13.4. The maximum Gasteiger partial charge on any atom is 0.226 e. The lowest BCUT2D eigenvalue weighted by atomic mass is 9.73. The number of nitrogens with one attached hydrogen (secondary N) is 1. The van der Waals surface area contributed by atoms with Crippen molar-refractivity contribution in [2.75, 3.05) is 19.5 Å². The van der Waals surface area contributed by atoms with Gasteiger partial charge in [-0.2, -0.15) is 4.98 Å². The van der Waals surface area contributed by atoms with Crippen molar-refractivity contribution < 1.29 is 14.3 Å². The molecule has 5 rings (SSSR count). The minimum Gasteiger partial charge on any atom is -0.493 e. The first-order valence-electron chi connectivity index (χ1n) is 10.5. The molecule has 0 saturated carbocycles. The number of fused-ring (bicyclic) bond motifs is 1. The Morgan fingerprint density at radius 2 is 1.94 bits per heavy atom. The molecule has 8 heteroatoms. The summed E-state index contributed by atoms with van der Waals surface area (Å²) in [4.78, 5) is 22.3. The summed E-state index contributed by atoms with van der Waals surface area (Å²) >= 11 is 0. The van der Waals surface area contributed by atoms with Gasteiger partial charge >= 0.3 is 0 Å². The van der Waals surface area contributed by atoms with E-state index in [9.17, 15) is 4.79 Å². The number of carbonyl (C=O) groups excluding carboxylic acids is 1. The quantitative estimate of drug-likeness (QED) is 0.667. The fraction of sp³-hybridized carbons (Fsp3) is 0.333. The van der Waals surface area contributed by atoms with Crippen LogP contribution in [0.4, 0.5) is 5.95 Å². The van der Waals surface area contributed by atoms with Crippen LogP contribution in [0.5, 0.6) is 11.5 Å². The first-order chi connectivity index (χ1) is 15.4. The largest absolute Gasteiger partial charge is 0.493 e. The highest BCUT2D eigenvalue weighted by Crippen LogP contribution is 2.46. The van der Waals surface area contributed by atoms with Gasteiger partial charge in [-0.05, 0) is 41.7 Å². The van der Waals surface area contributed by atoms with Crippen molar-refractivity contribution >= 4 is 11.7 Å². The number of methoxy groups -OCH3 is 2. The molecule has 0 unspecified atom stereocenters. The van der Waals surface area contributed by atoms with Gasteiger partial charge in [0.15, 0.2) is 23.1 Å². The Hall–Kier alpha value is -3.68. The van der Waals surface area contributed by atoms with Crippen LogP contribution in [0, 0.1) is 5.41 Å². The topological polar surface area (TPSA) is 91.2 Å². The molecule has 2 aromatic heterocycles. The van der Waals surface area contributed by atoms with E-state index in [0.29, 0.717) is 29.7 Å². The summed E-state index contributed by atoms with van der Waals surface area (Å²) in [6.45, 7) is 4.23. The molecule has 3 heterocycles. The molecule has 2 aliphatic rings. The van der Waals surface area contributed by atoms with E-state index in [4.69, 9.17) is 19.6 Å². The van der Waals surface area contributed by atoms with Crippen LogP contribution in [0.1, 0.15) is 38.3 Å². The van der Waals surface area contributed by atoms with E-state index in [-0.39, 0.29) is 11.2 Å². The number of pyridine rings is 1. The molecule has 1 aliphatic carbocycles. The molecule has 32 heavy (non-hydrogen) atoms. The number of anilines is 1. The first-order valence-corrected chi connectivity index (χ1v) is 10.5. The summed E-state index contributed by atoms with van der Waals surface area (Å²) in [5.74, 6) is 2.51. The van der Waals surface area contributed by atoms with E-state index in [1.165, 1.54) is 0 Å². The molecule has 0 radical (unpaired) electrons. The van der Waals surface area contributed by atoms with E-state index >= 15 is 0 Å². The Kier molecular flexibility index (Phi) is 4.73.